The molecule has 0 atom stereocenters. The molecule has 0 unspecified atom stereocenters. The van der Waals surface area contributed by atoms with Crippen LogP contribution >= 0.6 is 11.6 Å². The lowest BCUT2D eigenvalue weighted by atomic mass is 10.0. The van der Waals surface area contributed by atoms with Gasteiger partial charge in [0, 0.05) is 22.3 Å². The monoisotopic (exact) mass is 368 g/mol. The van der Waals surface area contributed by atoms with Crippen molar-refractivity contribution >= 4 is 39.8 Å². The molecule has 0 saturated carbocycles. The molecule has 0 aliphatic heterocycles. The lowest BCUT2D eigenvalue weighted by Gasteiger charge is -2.17. The number of rotatable bonds is 5. The van der Waals surface area contributed by atoms with Gasteiger partial charge in [-0.3, -0.25) is 4.98 Å². The first-order chi connectivity index (χ1) is 12.6. The molecular formula is C21H21ClN2O2. The van der Waals surface area contributed by atoms with Gasteiger partial charge < -0.3 is 10.1 Å². The van der Waals surface area contributed by atoms with Gasteiger partial charge in [-0.25, -0.2) is 4.79 Å². The molecule has 1 N–H and O–H groups in total. The normalized spacial score (nSPS) is 10.8. The number of hydrogen-bond acceptors (Lipinski definition) is 4. The van der Waals surface area contributed by atoms with Crippen LogP contribution in [-0.2, 0) is 11.2 Å². The van der Waals surface area contributed by atoms with Crippen LogP contribution < -0.4 is 5.32 Å². The molecule has 0 amide bonds. The van der Waals surface area contributed by atoms with E-state index in [2.05, 4.69) is 17.2 Å². The number of aromatic nitrogens is 1. The van der Waals surface area contributed by atoms with Gasteiger partial charge in [0.1, 0.15) is 5.56 Å². The second kappa shape index (κ2) is 7.75. The van der Waals surface area contributed by atoms with Gasteiger partial charge in [0.05, 0.1) is 17.8 Å². The fraction of sp³-hybridized carbons (Fsp3) is 0.238. The number of anilines is 2. The molecule has 26 heavy (non-hydrogen) atoms. The quantitative estimate of drug-likeness (QED) is 0.588. The number of para-hydroxylation sites is 1. The minimum Gasteiger partial charge on any atom is -0.462 e. The predicted molar refractivity (Wildman–Crippen MR) is 107 cm³/mol. The zero-order valence-corrected chi connectivity index (χ0v) is 15.9. The van der Waals surface area contributed by atoms with Crippen LogP contribution in [0.2, 0.25) is 5.02 Å². The Bertz CT molecular complexity index is 970. The summed E-state index contributed by atoms with van der Waals surface area (Å²) in [5.41, 5.74) is 4.87. The van der Waals surface area contributed by atoms with Crippen LogP contribution in [0.25, 0.3) is 10.9 Å². The highest BCUT2D eigenvalue weighted by Gasteiger charge is 2.18. The number of benzene rings is 2. The zero-order valence-electron chi connectivity index (χ0n) is 15.1. The van der Waals surface area contributed by atoms with Gasteiger partial charge in [0.25, 0.3) is 0 Å². The molecule has 0 bridgehead atoms. The summed E-state index contributed by atoms with van der Waals surface area (Å²) in [5, 5.41) is 4.94. The number of aryl methyl sites for hydroxylation is 1. The van der Waals surface area contributed by atoms with Crippen molar-refractivity contribution in [1.82, 2.24) is 4.98 Å². The summed E-state index contributed by atoms with van der Waals surface area (Å²) < 4.78 is 5.22. The Morgan fingerprint density at radius 3 is 2.69 bits per heavy atom. The van der Waals surface area contributed by atoms with Gasteiger partial charge in [-0.15, -0.1) is 0 Å². The number of esters is 1. The first-order valence-corrected chi connectivity index (χ1v) is 9.04. The minimum atomic E-state index is -0.397. The molecule has 5 heteroatoms. The van der Waals surface area contributed by atoms with E-state index in [1.165, 1.54) is 0 Å². The van der Waals surface area contributed by atoms with E-state index in [1.807, 2.05) is 43.3 Å². The second-order valence-electron chi connectivity index (χ2n) is 5.97. The molecule has 1 heterocycles. The summed E-state index contributed by atoms with van der Waals surface area (Å²) in [6.07, 6.45) is 2.44. The van der Waals surface area contributed by atoms with Crippen LogP contribution in [0, 0.1) is 6.92 Å². The van der Waals surface area contributed by atoms with Crippen molar-refractivity contribution in [3.63, 3.8) is 0 Å². The van der Waals surface area contributed by atoms with Gasteiger partial charge in [-0.2, -0.15) is 0 Å². The molecule has 0 saturated heterocycles. The molecule has 4 nitrogen and oxygen atoms in total. The summed E-state index contributed by atoms with van der Waals surface area (Å²) in [7, 11) is 0. The topological polar surface area (TPSA) is 51.2 Å². The number of pyridine rings is 1. The van der Waals surface area contributed by atoms with Crippen LogP contribution in [0.4, 0.5) is 11.4 Å². The van der Waals surface area contributed by atoms with Crippen LogP contribution in [0.1, 0.15) is 35.3 Å². The Labute approximate surface area is 158 Å². The molecule has 0 fully saturated rings. The first-order valence-electron chi connectivity index (χ1n) is 8.66. The van der Waals surface area contributed by atoms with E-state index in [4.69, 9.17) is 16.3 Å². The van der Waals surface area contributed by atoms with Crippen molar-refractivity contribution < 1.29 is 9.53 Å². The van der Waals surface area contributed by atoms with Crippen LogP contribution in [0.5, 0.6) is 0 Å². The molecule has 0 aliphatic carbocycles. The Balaban J connectivity index is 2.23. The average molecular weight is 369 g/mol. The van der Waals surface area contributed by atoms with Gasteiger partial charge in [0.2, 0.25) is 0 Å². The van der Waals surface area contributed by atoms with Gasteiger partial charge in [-0.05, 0) is 43.5 Å². The number of ether oxygens (including phenoxy) is 1. The predicted octanol–water partition coefficient (Wildman–Crippen LogP) is 5.68. The molecule has 0 radical (unpaired) electrons. The molecule has 134 valence electrons. The maximum Gasteiger partial charge on any atom is 0.341 e. The Kier molecular flexibility index (Phi) is 5.43. The Hall–Kier alpha value is -2.59. The molecule has 3 rings (SSSR count). The molecule has 0 spiro atoms. The SMILES string of the molecule is CCOC(=O)c1cnc2c(CC)cccc2c1Nc1cccc(Cl)c1C. The van der Waals surface area contributed by atoms with Crippen molar-refractivity contribution in [3.8, 4) is 0 Å². The maximum atomic E-state index is 12.5. The van der Waals surface area contributed by atoms with E-state index in [0.717, 1.165) is 34.1 Å². The van der Waals surface area contributed by atoms with Gasteiger partial charge >= 0.3 is 5.97 Å². The standard InChI is InChI=1S/C21H21ClN2O2/c1-4-14-8-6-9-15-19(14)23-12-16(21(25)26-5-2)20(15)24-18-11-7-10-17(22)13(18)3/h6-12H,4-5H2,1-3H3,(H,23,24). The van der Waals surface area contributed by atoms with Crippen LogP contribution in [0.15, 0.2) is 42.6 Å². The maximum absolute atomic E-state index is 12.5. The molecule has 2 aromatic carbocycles. The largest absolute Gasteiger partial charge is 0.462 e. The highest BCUT2D eigenvalue weighted by Crippen LogP contribution is 2.33. The number of nitrogens with zero attached hydrogens (tertiary/aromatic N) is 1. The molecule has 1 aromatic heterocycles. The number of nitrogens with one attached hydrogen (secondary N) is 1. The molecule has 0 aliphatic rings. The lowest BCUT2D eigenvalue weighted by Crippen LogP contribution is -2.10. The summed E-state index contributed by atoms with van der Waals surface area (Å²) in [4.78, 5) is 17.0. The smallest absolute Gasteiger partial charge is 0.341 e. The van der Waals surface area contributed by atoms with Crippen molar-refractivity contribution in [2.75, 3.05) is 11.9 Å². The summed E-state index contributed by atoms with van der Waals surface area (Å²) in [5.74, 6) is -0.397. The van der Waals surface area contributed by atoms with E-state index >= 15 is 0 Å². The van der Waals surface area contributed by atoms with Crippen LogP contribution in [-0.4, -0.2) is 17.6 Å². The van der Waals surface area contributed by atoms with E-state index in [0.29, 0.717) is 22.9 Å². The third kappa shape index (κ3) is 3.37. The Morgan fingerprint density at radius 2 is 1.96 bits per heavy atom. The summed E-state index contributed by atoms with van der Waals surface area (Å²) in [6, 6.07) is 11.6. The highest BCUT2D eigenvalue weighted by molar-refractivity contribution is 6.31. The zero-order chi connectivity index (χ0) is 18.7. The number of carbonyl (C=O) groups is 1. The van der Waals surface area contributed by atoms with Gasteiger partial charge in [0.15, 0.2) is 0 Å². The highest BCUT2D eigenvalue weighted by atomic mass is 35.5. The summed E-state index contributed by atoms with van der Waals surface area (Å²) >= 11 is 6.25. The number of halogens is 1. The fourth-order valence-corrected chi connectivity index (χ4v) is 3.12. The van der Waals surface area contributed by atoms with Crippen molar-refractivity contribution in [3.05, 3.63) is 64.3 Å². The lowest BCUT2D eigenvalue weighted by molar-refractivity contribution is 0.0527. The molecular weight excluding hydrogens is 348 g/mol. The summed E-state index contributed by atoms with van der Waals surface area (Å²) in [6.45, 7) is 6.12. The average Bonchev–Trinajstić information content (AvgIpc) is 2.65. The number of carbonyl (C=O) groups excluding carboxylic acids is 1. The van der Waals surface area contributed by atoms with E-state index in [1.54, 1.807) is 13.1 Å². The van der Waals surface area contributed by atoms with Crippen molar-refractivity contribution in [1.29, 1.82) is 0 Å². The van der Waals surface area contributed by atoms with Crippen molar-refractivity contribution in [2.24, 2.45) is 0 Å². The van der Waals surface area contributed by atoms with E-state index < -0.39 is 5.97 Å². The van der Waals surface area contributed by atoms with Crippen molar-refractivity contribution in [2.45, 2.75) is 27.2 Å². The Morgan fingerprint density at radius 1 is 1.19 bits per heavy atom. The third-order valence-electron chi connectivity index (χ3n) is 4.38. The fourth-order valence-electron chi connectivity index (χ4n) is 2.95. The second-order valence-corrected chi connectivity index (χ2v) is 6.38. The van der Waals surface area contributed by atoms with E-state index in [-0.39, 0.29) is 0 Å². The van der Waals surface area contributed by atoms with Gasteiger partial charge in [-0.1, -0.05) is 42.8 Å². The third-order valence-corrected chi connectivity index (χ3v) is 4.79. The first kappa shape index (κ1) is 18.2. The number of fused-ring (bicyclic) bond motifs is 1. The van der Waals surface area contributed by atoms with E-state index in [9.17, 15) is 4.79 Å². The van der Waals surface area contributed by atoms with Crippen LogP contribution in [0.3, 0.4) is 0 Å². The number of hydrogen-bond donors (Lipinski definition) is 1. The molecule has 3 aromatic rings. The minimum absolute atomic E-state index is 0.307.